The van der Waals surface area contributed by atoms with Gasteiger partial charge in [0.2, 0.25) is 0 Å². The molecule has 0 aliphatic heterocycles. The molecule has 1 spiro atoms. The average molecular weight is 358 g/mol. The minimum absolute atomic E-state index is 0.00627. The monoisotopic (exact) mass is 356 g/mol. The molecule has 0 bridgehead atoms. The zero-order valence-corrected chi connectivity index (χ0v) is 13.7. The van der Waals surface area contributed by atoms with E-state index in [4.69, 9.17) is 16.3 Å². The molecule has 0 radical (unpaired) electrons. The number of Topliss-reactive ketones (excluding diaryl/α,β-unsaturated/α-hetero) is 1. The number of halogens is 2. The highest BCUT2D eigenvalue weighted by Gasteiger charge is 2.55. The molecule has 108 valence electrons. The number of hydrogen-bond donors (Lipinski definition) is 0. The first kappa shape index (κ1) is 14.4. The highest BCUT2D eigenvalue weighted by Crippen LogP contribution is 2.50. The van der Waals surface area contributed by atoms with E-state index in [-0.39, 0.29) is 11.5 Å². The molecule has 1 atom stereocenters. The summed E-state index contributed by atoms with van der Waals surface area (Å²) < 4.78 is 7.02. The van der Waals surface area contributed by atoms with Crippen LogP contribution >= 0.6 is 27.5 Å². The number of rotatable bonds is 2. The SMILES string of the molecule is O=C1CC(Oc2ccc(Br)cc2Cl)C12CCCCCC2. The van der Waals surface area contributed by atoms with Crippen molar-refractivity contribution in [2.45, 2.75) is 51.0 Å². The lowest BCUT2D eigenvalue weighted by molar-refractivity contribution is -0.154. The molecule has 0 amide bonds. The van der Waals surface area contributed by atoms with Gasteiger partial charge in [-0.05, 0) is 31.0 Å². The molecule has 1 aromatic rings. The third-order valence-corrected chi connectivity index (χ3v) is 5.49. The first-order valence-electron chi connectivity index (χ1n) is 7.27. The van der Waals surface area contributed by atoms with Crippen molar-refractivity contribution in [3.8, 4) is 5.75 Å². The maximum Gasteiger partial charge on any atom is 0.146 e. The Morgan fingerprint density at radius 3 is 2.50 bits per heavy atom. The Labute approximate surface area is 133 Å². The summed E-state index contributed by atoms with van der Waals surface area (Å²) in [6, 6.07) is 5.62. The Bertz CT molecular complexity index is 521. The summed E-state index contributed by atoms with van der Waals surface area (Å²) in [5.41, 5.74) is -0.229. The lowest BCUT2D eigenvalue weighted by atomic mass is 9.60. The van der Waals surface area contributed by atoms with E-state index in [1.165, 1.54) is 12.8 Å². The molecular formula is C16H18BrClO2. The van der Waals surface area contributed by atoms with Gasteiger partial charge in [0.25, 0.3) is 0 Å². The zero-order chi connectivity index (χ0) is 14.2. The predicted molar refractivity (Wildman–Crippen MR) is 83.3 cm³/mol. The van der Waals surface area contributed by atoms with Crippen molar-refractivity contribution in [1.82, 2.24) is 0 Å². The topological polar surface area (TPSA) is 26.3 Å². The lowest BCUT2D eigenvalue weighted by Crippen LogP contribution is -2.56. The van der Waals surface area contributed by atoms with E-state index in [0.29, 0.717) is 23.0 Å². The number of carbonyl (C=O) groups excluding carboxylic acids is 1. The van der Waals surface area contributed by atoms with Crippen molar-refractivity contribution in [2.75, 3.05) is 0 Å². The van der Waals surface area contributed by atoms with Crippen molar-refractivity contribution in [2.24, 2.45) is 5.41 Å². The normalized spacial score (nSPS) is 25.1. The van der Waals surface area contributed by atoms with Crippen LogP contribution in [0.1, 0.15) is 44.9 Å². The summed E-state index contributed by atoms with van der Waals surface area (Å²) in [4.78, 5) is 12.2. The first-order valence-corrected chi connectivity index (χ1v) is 8.44. The summed E-state index contributed by atoms with van der Waals surface area (Å²) in [5, 5.41) is 0.600. The molecule has 1 unspecified atom stereocenters. The maximum absolute atomic E-state index is 12.2. The van der Waals surface area contributed by atoms with Crippen LogP contribution in [0.5, 0.6) is 5.75 Å². The van der Waals surface area contributed by atoms with E-state index in [2.05, 4.69) is 15.9 Å². The lowest BCUT2D eigenvalue weighted by Gasteiger charge is -2.47. The van der Waals surface area contributed by atoms with Gasteiger partial charge in [-0.25, -0.2) is 0 Å². The van der Waals surface area contributed by atoms with Crippen LogP contribution in [-0.2, 0) is 4.79 Å². The highest BCUT2D eigenvalue weighted by atomic mass is 79.9. The number of ether oxygens (including phenoxy) is 1. The van der Waals surface area contributed by atoms with Crippen molar-refractivity contribution < 1.29 is 9.53 Å². The van der Waals surface area contributed by atoms with Gasteiger partial charge in [-0.3, -0.25) is 4.79 Å². The molecule has 0 aromatic heterocycles. The predicted octanol–water partition coefficient (Wildman–Crippen LogP) is 5.16. The summed E-state index contributed by atoms with van der Waals surface area (Å²) in [5.74, 6) is 1.08. The van der Waals surface area contributed by atoms with Gasteiger partial charge in [0, 0.05) is 10.9 Å². The Morgan fingerprint density at radius 2 is 1.90 bits per heavy atom. The minimum atomic E-state index is -0.229. The van der Waals surface area contributed by atoms with Gasteiger partial charge in [-0.1, -0.05) is 53.2 Å². The molecule has 0 heterocycles. The van der Waals surface area contributed by atoms with Gasteiger partial charge in [0.05, 0.1) is 10.4 Å². The van der Waals surface area contributed by atoms with Crippen LogP contribution in [0.25, 0.3) is 0 Å². The number of hydrogen-bond acceptors (Lipinski definition) is 2. The number of carbonyl (C=O) groups is 1. The van der Waals surface area contributed by atoms with Crippen LogP contribution in [0.3, 0.4) is 0 Å². The van der Waals surface area contributed by atoms with Crippen LogP contribution in [0.4, 0.5) is 0 Å². The van der Waals surface area contributed by atoms with Crippen LogP contribution in [0, 0.1) is 5.41 Å². The number of benzene rings is 1. The van der Waals surface area contributed by atoms with E-state index >= 15 is 0 Å². The fraction of sp³-hybridized carbons (Fsp3) is 0.562. The Morgan fingerprint density at radius 1 is 1.20 bits per heavy atom. The third-order valence-electron chi connectivity index (χ3n) is 4.70. The van der Waals surface area contributed by atoms with Crippen molar-refractivity contribution in [3.63, 3.8) is 0 Å². The van der Waals surface area contributed by atoms with E-state index in [1.54, 1.807) is 0 Å². The van der Waals surface area contributed by atoms with Gasteiger partial charge in [-0.15, -0.1) is 0 Å². The summed E-state index contributed by atoms with van der Waals surface area (Å²) in [7, 11) is 0. The summed E-state index contributed by atoms with van der Waals surface area (Å²) in [6.07, 6.45) is 7.24. The van der Waals surface area contributed by atoms with E-state index in [0.717, 1.165) is 30.2 Å². The minimum Gasteiger partial charge on any atom is -0.487 e. The molecule has 2 nitrogen and oxygen atoms in total. The molecule has 2 aliphatic rings. The Kier molecular flexibility index (Phi) is 4.09. The van der Waals surface area contributed by atoms with Crippen LogP contribution < -0.4 is 4.74 Å². The molecule has 4 heteroatoms. The van der Waals surface area contributed by atoms with Crippen molar-refractivity contribution in [3.05, 3.63) is 27.7 Å². The molecule has 2 saturated carbocycles. The van der Waals surface area contributed by atoms with Crippen LogP contribution in [-0.4, -0.2) is 11.9 Å². The van der Waals surface area contributed by atoms with Crippen molar-refractivity contribution in [1.29, 1.82) is 0 Å². The Hall–Kier alpha value is -0.540. The quantitative estimate of drug-likeness (QED) is 0.730. The second-order valence-corrected chi connectivity index (χ2v) is 7.20. The summed E-state index contributed by atoms with van der Waals surface area (Å²) in [6.45, 7) is 0. The van der Waals surface area contributed by atoms with E-state index in [1.807, 2.05) is 18.2 Å². The second kappa shape index (κ2) is 5.69. The fourth-order valence-electron chi connectivity index (χ4n) is 3.45. The van der Waals surface area contributed by atoms with Crippen molar-refractivity contribution >= 4 is 33.3 Å². The molecule has 0 N–H and O–H groups in total. The van der Waals surface area contributed by atoms with Gasteiger partial charge >= 0.3 is 0 Å². The highest BCUT2D eigenvalue weighted by molar-refractivity contribution is 9.10. The molecule has 1 aromatic carbocycles. The van der Waals surface area contributed by atoms with Crippen LogP contribution in [0.15, 0.2) is 22.7 Å². The molecule has 3 rings (SSSR count). The third kappa shape index (κ3) is 2.50. The second-order valence-electron chi connectivity index (χ2n) is 5.88. The average Bonchev–Trinajstić information content (AvgIpc) is 2.69. The largest absolute Gasteiger partial charge is 0.487 e. The smallest absolute Gasteiger partial charge is 0.146 e. The molecule has 20 heavy (non-hydrogen) atoms. The first-order chi connectivity index (χ1) is 9.62. The molecule has 2 fully saturated rings. The molecular weight excluding hydrogens is 340 g/mol. The maximum atomic E-state index is 12.2. The fourth-order valence-corrected chi connectivity index (χ4v) is 4.17. The number of ketones is 1. The van der Waals surface area contributed by atoms with Gasteiger partial charge in [0.1, 0.15) is 17.6 Å². The molecule has 2 aliphatic carbocycles. The van der Waals surface area contributed by atoms with E-state index in [9.17, 15) is 4.79 Å². The van der Waals surface area contributed by atoms with E-state index < -0.39 is 0 Å². The van der Waals surface area contributed by atoms with Gasteiger partial charge < -0.3 is 4.74 Å². The standard InChI is InChI=1S/C16H18BrClO2/c17-11-5-6-13(12(18)9-11)20-15-10-14(19)16(15)7-3-1-2-4-8-16/h5-6,9,15H,1-4,7-8,10H2. The molecule has 0 saturated heterocycles. The van der Waals surface area contributed by atoms with Gasteiger partial charge in [-0.2, -0.15) is 0 Å². The Balaban J connectivity index is 1.78. The summed E-state index contributed by atoms with van der Waals surface area (Å²) >= 11 is 9.60. The van der Waals surface area contributed by atoms with Crippen LogP contribution in [0.2, 0.25) is 5.02 Å². The van der Waals surface area contributed by atoms with Gasteiger partial charge in [0.15, 0.2) is 0 Å². The zero-order valence-electron chi connectivity index (χ0n) is 11.3.